The van der Waals surface area contributed by atoms with Crippen LogP contribution in [0.3, 0.4) is 0 Å². The summed E-state index contributed by atoms with van der Waals surface area (Å²) in [7, 11) is 0. The lowest BCUT2D eigenvalue weighted by molar-refractivity contribution is 0.0772. The molecule has 22 heavy (non-hydrogen) atoms. The second-order valence-corrected chi connectivity index (χ2v) is 4.66. The van der Waals surface area contributed by atoms with Gasteiger partial charge in [-0.25, -0.2) is 8.78 Å². The van der Waals surface area contributed by atoms with Crippen LogP contribution in [-0.2, 0) is 0 Å². The largest absolute Gasteiger partial charge is 0.349 e. The Morgan fingerprint density at radius 3 is 2.41 bits per heavy atom. The molecule has 0 spiro atoms. The van der Waals surface area contributed by atoms with Crippen LogP contribution in [0.1, 0.15) is 24.2 Å². The highest BCUT2D eigenvalue weighted by Crippen LogP contribution is 2.23. The quantitative estimate of drug-likeness (QED) is 0.918. The molecule has 0 bridgehead atoms. The Morgan fingerprint density at radius 1 is 1.18 bits per heavy atom. The number of nitrogens with zero attached hydrogens (tertiary/aromatic N) is 2. The third-order valence-electron chi connectivity index (χ3n) is 3.27. The first-order valence-corrected chi connectivity index (χ1v) is 7.02. The molecule has 1 heterocycles. The van der Waals surface area contributed by atoms with Gasteiger partial charge < -0.3 is 10.2 Å². The average molecular weight is 305 g/mol. The molecule has 6 heteroatoms. The first-order chi connectivity index (χ1) is 10.6. The van der Waals surface area contributed by atoms with E-state index in [4.69, 9.17) is 0 Å². The molecule has 0 atom stereocenters. The number of carbonyl (C=O) groups is 1. The van der Waals surface area contributed by atoms with Gasteiger partial charge in [-0.2, -0.15) is 0 Å². The van der Waals surface area contributed by atoms with E-state index in [-0.39, 0.29) is 11.6 Å². The van der Waals surface area contributed by atoms with Gasteiger partial charge in [-0.1, -0.05) is 6.07 Å². The maximum atomic E-state index is 13.6. The molecular weight excluding hydrogens is 288 g/mol. The van der Waals surface area contributed by atoms with Gasteiger partial charge in [0.2, 0.25) is 0 Å². The van der Waals surface area contributed by atoms with Crippen molar-refractivity contribution >= 4 is 17.3 Å². The summed E-state index contributed by atoms with van der Waals surface area (Å²) in [6, 6.07) is 5.13. The van der Waals surface area contributed by atoms with Crippen LogP contribution in [0.4, 0.5) is 20.2 Å². The van der Waals surface area contributed by atoms with Crippen LogP contribution in [0, 0.1) is 11.6 Å². The average Bonchev–Trinajstić information content (AvgIpc) is 2.52. The number of carbonyl (C=O) groups excluding carboxylic acids is 1. The molecule has 0 radical (unpaired) electrons. The normalized spacial score (nSPS) is 10.4. The van der Waals surface area contributed by atoms with E-state index in [0.29, 0.717) is 24.3 Å². The summed E-state index contributed by atoms with van der Waals surface area (Å²) in [5.41, 5.74) is 0.448. The zero-order chi connectivity index (χ0) is 16.1. The fraction of sp³-hybridized carbons (Fsp3) is 0.250. The molecular formula is C16H17F2N3O. The van der Waals surface area contributed by atoms with Crippen molar-refractivity contribution in [2.24, 2.45) is 0 Å². The van der Waals surface area contributed by atoms with Crippen molar-refractivity contribution in [1.82, 2.24) is 9.88 Å². The van der Waals surface area contributed by atoms with Crippen molar-refractivity contribution < 1.29 is 13.6 Å². The monoisotopic (exact) mass is 305 g/mol. The number of nitrogens with one attached hydrogen (secondary N) is 1. The SMILES string of the molecule is CCN(CC)C(=O)c1cncc(Nc2c(F)cccc2F)c1. The number of benzene rings is 1. The molecule has 0 saturated carbocycles. The van der Waals surface area contributed by atoms with Crippen LogP contribution in [0.2, 0.25) is 0 Å². The molecule has 1 aromatic heterocycles. The van der Waals surface area contributed by atoms with Crippen molar-refractivity contribution in [1.29, 1.82) is 0 Å². The van der Waals surface area contributed by atoms with E-state index in [1.807, 2.05) is 13.8 Å². The van der Waals surface area contributed by atoms with Crippen LogP contribution >= 0.6 is 0 Å². The summed E-state index contributed by atoms with van der Waals surface area (Å²) in [5, 5.41) is 2.63. The zero-order valence-corrected chi connectivity index (χ0v) is 12.4. The number of halogens is 2. The van der Waals surface area contributed by atoms with Crippen molar-refractivity contribution in [3.63, 3.8) is 0 Å². The zero-order valence-electron chi connectivity index (χ0n) is 12.4. The Labute approximate surface area is 127 Å². The van der Waals surface area contributed by atoms with Gasteiger partial charge >= 0.3 is 0 Å². The van der Waals surface area contributed by atoms with Crippen LogP contribution in [0.25, 0.3) is 0 Å². The van der Waals surface area contributed by atoms with E-state index in [9.17, 15) is 13.6 Å². The predicted octanol–water partition coefficient (Wildman–Crippen LogP) is 3.59. The van der Waals surface area contributed by atoms with Gasteiger partial charge in [0.1, 0.15) is 17.3 Å². The maximum absolute atomic E-state index is 13.6. The van der Waals surface area contributed by atoms with Gasteiger partial charge in [0.25, 0.3) is 5.91 Å². The van der Waals surface area contributed by atoms with Gasteiger partial charge in [-0.3, -0.25) is 9.78 Å². The Bertz CT molecular complexity index is 652. The van der Waals surface area contributed by atoms with E-state index < -0.39 is 11.6 Å². The number of pyridine rings is 1. The smallest absolute Gasteiger partial charge is 0.255 e. The van der Waals surface area contributed by atoms with Crippen molar-refractivity contribution in [2.45, 2.75) is 13.8 Å². The number of aromatic nitrogens is 1. The van der Waals surface area contributed by atoms with E-state index in [0.717, 1.165) is 12.1 Å². The predicted molar refractivity (Wildman–Crippen MR) is 81.1 cm³/mol. The molecule has 2 rings (SSSR count). The molecule has 0 unspecified atom stereocenters. The van der Waals surface area contributed by atoms with Gasteiger partial charge in [0, 0.05) is 19.3 Å². The minimum absolute atomic E-state index is 0.171. The van der Waals surface area contributed by atoms with Gasteiger partial charge in [-0.05, 0) is 32.0 Å². The van der Waals surface area contributed by atoms with Crippen LogP contribution in [-0.4, -0.2) is 28.9 Å². The Kier molecular flexibility index (Phi) is 5.04. The molecule has 0 saturated heterocycles. The second-order valence-electron chi connectivity index (χ2n) is 4.66. The Balaban J connectivity index is 2.27. The molecule has 0 fully saturated rings. The Morgan fingerprint density at radius 2 is 1.82 bits per heavy atom. The number of rotatable bonds is 5. The fourth-order valence-electron chi connectivity index (χ4n) is 2.08. The summed E-state index contributed by atoms with van der Waals surface area (Å²) in [6.07, 6.45) is 2.84. The summed E-state index contributed by atoms with van der Waals surface area (Å²) in [4.78, 5) is 17.9. The number of amides is 1. The maximum Gasteiger partial charge on any atom is 0.255 e. The molecule has 116 valence electrons. The molecule has 1 aromatic carbocycles. The second kappa shape index (κ2) is 6.98. The van der Waals surface area contributed by atoms with E-state index >= 15 is 0 Å². The third kappa shape index (κ3) is 3.39. The minimum atomic E-state index is -0.708. The van der Waals surface area contributed by atoms with E-state index in [1.165, 1.54) is 24.5 Å². The highest BCUT2D eigenvalue weighted by molar-refractivity contribution is 5.94. The number of para-hydroxylation sites is 1. The van der Waals surface area contributed by atoms with Gasteiger partial charge in [-0.15, -0.1) is 0 Å². The lowest BCUT2D eigenvalue weighted by atomic mass is 10.2. The number of hydrogen-bond acceptors (Lipinski definition) is 3. The van der Waals surface area contributed by atoms with Crippen LogP contribution in [0.5, 0.6) is 0 Å². The topological polar surface area (TPSA) is 45.2 Å². The lowest BCUT2D eigenvalue weighted by Crippen LogP contribution is -2.30. The van der Waals surface area contributed by atoms with E-state index in [2.05, 4.69) is 10.3 Å². The highest BCUT2D eigenvalue weighted by atomic mass is 19.1. The standard InChI is InChI=1S/C16H17F2N3O/c1-3-21(4-2)16(22)11-8-12(10-19-9-11)20-15-13(17)6-5-7-14(15)18/h5-10,20H,3-4H2,1-2H3. The Hall–Kier alpha value is -2.50. The fourth-order valence-corrected chi connectivity index (χ4v) is 2.08. The summed E-state index contributed by atoms with van der Waals surface area (Å²) in [6.45, 7) is 4.92. The van der Waals surface area contributed by atoms with Gasteiger partial charge in [0.05, 0.1) is 17.4 Å². The van der Waals surface area contributed by atoms with Crippen molar-refractivity contribution in [2.75, 3.05) is 18.4 Å². The first kappa shape index (κ1) is 15.9. The van der Waals surface area contributed by atoms with Crippen molar-refractivity contribution in [3.8, 4) is 0 Å². The first-order valence-electron chi connectivity index (χ1n) is 7.02. The number of hydrogen-bond donors (Lipinski definition) is 1. The van der Waals surface area contributed by atoms with Crippen LogP contribution in [0.15, 0.2) is 36.7 Å². The third-order valence-corrected chi connectivity index (χ3v) is 3.27. The minimum Gasteiger partial charge on any atom is -0.349 e. The lowest BCUT2D eigenvalue weighted by Gasteiger charge is -2.18. The molecule has 0 aliphatic heterocycles. The molecule has 0 aliphatic carbocycles. The summed E-state index contributed by atoms with van der Waals surface area (Å²) in [5.74, 6) is -1.59. The summed E-state index contributed by atoms with van der Waals surface area (Å²) < 4.78 is 27.3. The summed E-state index contributed by atoms with van der Waals surface area (Å²) >= 11 is 0. The molecule has 0 aliphatic rings. The molecule has 2 aromatic rings. The molecule has 1 amide bonds. The number of anilines is 2. The van der Waals surface area contributed by atoms with E-state index in [1.54, 1.807) is 4.90 Å². The highest BCUT2D eigenvalue weighted by Gasteiger charge is 2.14. The molecule has 1 N–H and O–H groups in total. The molecule has 4 nitrogen and oxygen atoms in total. The van der Waals surface area contributed by atoms with Gasteiger partial charge in [0.15, 0.2) is 0 Å². The van der Waals surface area contributed by atoms with Crippen LogP contribution < -0.4 is 5.32 Å². The van der Waals surface area contributed by atoms with Crippen molar-refractivity contribution in [3.05, 3.63) is 53.9 Å².